The Labute approximate surface area is 87.6 Å². The first-order valence-corrected chi connectivity index (χ1v) is 5.94. The maximum atomic E-state index is 6.08. The van der Waals surface area contributed by atoms with Crippen LogP contribution in [0.2, 0.25) is 0 Å². The van der Waals surface area contributed by atoms with Gasteiger partial charge in [0.05, 0.1) is 12.2 Å². The largest absolute Gasteiger partial charge is 0.375 e. The molecule has 2 heterocycles. The number of nitrogens with zero attached hydrogens (tertiary/aromatic N) is 1. The molecule has 2 nitrogen and oxygen atoms in total. The molecule has 0 aromatic carbocycles. The molecule has 0 aromatic heterocycles. The van der Waals surface area contributed by atoms with Crippen LogP contribution in [0.1, 0.15) is 33.1 Å². The molecular formula is C12H23NO. The van der Waals surface area contributed by atoms with Gasteiger partial charge in [-0.1, -0.05) is 13.8 Å². The highest BCUT2D eigenvalue weighted by Crippen LogP contribution is 2.40. The molecular weight excluding hydrogens is 174 g/mol. The molecule has 2 fully saturated rings. The molecule has 2 heteroatoms. The van der Waals surface area contributed by atoms with Gasteiger partial charge >= 0.3 is 0 Å². The molecule has 0 radical (unpaired) electrons. The Morgan fingerprint density at radius 2 is 1.93 bits per heavy atom. The van der Waals surface area contributed by atoms with Crippen LogP contribution in [-0.4, -0.2) is 37.2 Å². The minimum atomic E-state index is 0.265. The SMILES string of the molecule is CC(C)C1COC2(CCN(C)CC2)C1. The van der Waals surface area contributed by atoms with E-state index in [1.54, 1.807) is 0 Å². The molecule has 0 aliphatic carbocycles. The van der Waals surface area contributed by atoms with Gasteiger partial charge in [0, 0.05) is 13.1 Å². The van der Waals surface area contributed by atoms with Crippen LogP contribution in [-0.2, 0) is 4.74 Å². The molecule has 2 saturated heterocycles. The zero-order valence-corrected chi connectivity index (χ0v) is 9.75. The normalized spacial score (nSPS) is 33.0. The van der Waals surface area contributed by atoms with Crippen molar-refractivity contribution in [3.8, 4) is 0 Å². The van der Waals surface area contributed by atoms with E-state index in [0.717, 1.165) is 18.4 Å². The van der Waals surface area contributed by atoms with Gasteiger partial charge in [-0.3, -0.25) is 0 Å². The molecule has 82 valence electrons. The number of hydrogen-bond acceptors (Lipinski definition) is 2. The van der Waals surface area contributed by atoms with Crippen LogP contribution >= 0.6 is 0 Å². The van der Waals surface area contributed by atoms with Crippen molar-refractivity contribution in [1.29, 1.82) is 0 Å². The van der Waals surface area contributed by atoms with Crippen molar-refractivity contribution in [1.82, 2.24) is 4.90 Å². The lowest BCUT2D eigenvalue weighted by Gasteiger charge is -2.37. The average Bonchev–Trinajstić information content (AvgIpc) is 2.56. The highest BCUT2D eigenvalue weighted by atomic mass is 16.5. The van der Waals surface area contributed by atoms with Crippen LogP contribution in [0.25, 0.3) is 0 Å². The minimum absolute atomic E-state index is 0.265. The fourth-order valence-electron chi connectivity index (χ4n) is 2.68. The lowest BCUT2D eigenvalue weighted by molar-refractivity contribution is -0.0396. The maximum Gasteiger partial charge on any atom is 0.0710 e. The van der Waals surface area contributed by atoms with Gasteiger partial charge in [0.2, 0.25) is 0 Å². The Bertz CT molecular complexity index is 194. The van der Waals surface area contributed by atoms with Crippen LogP contribution < -0.4 is 0 Å². The molecule has 0 saturated carbocycles. The summed E-state index contributed by atoms with van der Waals surface area (Å²) in [5.74, 6) is 1.59. The number of piperidine rings is 1. The quantitative estimate of drug-likeness (QED) is 0.638. The third-order valence-corrected chi connectivity index (χ3v) is 4.08. The minimum Gasteiger partial charge on any atom is -0.375 e. The predicted molar refractivity (Wildman–Crippen MR) is 58.4 cm³/mol. The van der Waals surface area contributed by atoms with E-state index < -0.39 is 0 Å². The molecule has 0 N–H and O–H groups in total. The molecule has 1 atom stereocenters. The molecule has 2 aliphatic heterocycles. The summed E-state index contributed by atoms with van der Waals surface area (Å²) in [4.78, 5) is 2.41. The molecule has 0 amide bonds. The van der Waals surface area contributed by atoms with E-state index >= 15 is 0 Å². The van der Waals surface area contributed by atoms with Crippen molar-refractivity contribution in [2.24, 2.45) is 11.8 Å². The van der Waals surface area contributed by atoms with Crippen molar-refractivity contribution < 1.29 is 4.74 Å². The summed E-state index contributed by atoms with van der Waals surface area (Å²) in [7, 11) is 2.21. The second-order valence-electron chi connectivity index (χ2n) is 5.51. The molecule has 0 aromatic rings. The Balaban J connectivity index is 1.93. The summed E-state index contributed by atoms with van der Waals surface area (Å²) in [5.41, 5.74) is 0.265. The zero-order valence-electron chi connectivity index (χ0n) is 9.75. The average molecular weight is 197 g/mol. The summed E-state index contributed by atoms with van der Waals surface area (Å²) in [6.07, 6.45) is 3.79. The second kappa shape index (κ2) is 3.82. The maximum absolute atomic E-state index is 6.08. The first-order chi connectivity index (χ1) is 6.61. The predicted octanol–water partition coefficient (Wildman–Crippen LogP) is 2.14. The topological polar surface area (TPSA) is 12.5 Å². The van der Waals surface area contributed by atoms with Crippen LogP contribution in [0.15, 0.2) is 0 Å². The summed E-state index contributed by atoms with van der Waals surface area (Å²) in [6, 6.07) is 0. The van der Waals surface area contributed by atoms with E-state index in [4.69, 9.17) is 4.74 Å². The van der Waals surface area contributed by atoms with E-state index in [1.807, 2.05) is 0 Å². The molecule has 1 spiro atoms. The summed E-state index contributed by atoms with van der Waals surface area (Å²) >= 11 is 0. The van der Waals surface area contributed by atoms with Gasteiger partial charge in [-0.25, -0.2) is 0 Å². The van der Waals surface area contributed by atoms with Gasteiger partial charge in [-0.05, 0) is 38.1 Å². The lowest BCUT2D eigenvalue weighted by atomic mass is 9.82. The van der Waals surface area contributed by atoms with Crippen molar-refractivity contribution in [2.75, 3.05) is 26.7 Å². The molecule has 2 rings (SSSR count). The van der Waals surface area contributed by atoms with E-state index in [-0.39, 0.29) is 5.60 Å². The Hall–Kier alpha value is -0.0800. The van der Waals surface area contributed by atoms with Crippen molar-refractivity contribution in [3.05, 3.63) is 0 Å². The summed E-state index contributed by atoms with van der Waals surface area (Å²) in [5, 5.41) is 0. The Morgan fingerprint density at radius 3 is 2.43 bits per heavy atom. The molecule has 14 heavy (non-hydrogen) atoms. The summed E-state index contributed by atoms with van der Waals surface area (Å²) in [6.45, 7) is 8.07. The lowest BCUT2D eigenvalue weighted by Crippen LogP contribution is -2.42. The number of ether oxygens (including phenoxy) is 1. The van der Waals surface area contributed by atoms with Crippen LogP contribution in [0.5, 0.6) is 0 Å². The van der Waals surface area contributed by atoms with Gasteiger partial charge in [0.1, 0.15) is 0 Å². The molecule has 2 aliphatic rings. The first-order valence-electron chi connectivity index (χ1n) is 5.94. The Morgan fingerprint density at radius 1 is 1.29 bits per heavy atom. The fourth-order valence-corrected chi connectivity index (χ4v) is 2.68. The third-order valence-electron chi connectivity index (χ3n) is 4.08. The standard InChI is InChI=1S/C12H23NO/c1-10(2)11-8-12(14-9-11)4-6-13(3)7-5-12/h10-11H,4-9H2,1-3H3. The van der Waals surface area contributed by atoms with Crippen LogP contribution in [0.4, 0.5) is 0 Å². The third kappa shape index (κ3) is 1.96. The monoisotopic (exact) mass is 197 g/mol. The van der Waals surface area contributed by atoms with Crippen LogP contribution in [0, 0.1) is 11.8 Å². The molecule has 1 unspecified atom stereocenters. The summed E-state index contributed by atoms with van der Waals surface area (Å²) < 4.78 is 6.08. The first kappa shape index (κ1) is 10.4. The van der Waals surface area contributed by atoms with E-state index in [0.29, 0.717) is 0 Å². The van der Waals surface area contributed by atoms with Crippen LogP contribution in [0.3, 0.4) is 0 Å². The van der Waals surface area contributed by atoms with Gasteiger partial charge in [-0.2, -0.15) is 0 Å². The van der Waals surface area contributed by atoms with E-state index in [1.165, 1.54) is 32.4 Å². The molecule has 0 bridgehead atoms. The smallest absolute Gasteiger partial charge is 0.0710 e. The van der Waals surface area contributed by atoms with Gasteiger partial charge in [-0.15, -0.1) is 0 Å². The Kier molecular flexibility index (Phi) is 2.85. The number of likely N-dealkylation sites (tertiary alicyclic amines) is 1. The highest BCUT2D eigenvalue weighted by Gasteiger charge is 2.42. The zero-order chi connectivity index (χ0) is 10.2. The van der Waals surface area contributed by atoms with E-state index in [9.17, 15) is 0 Å². The highest BCUT2D eigenvalue weighted by molar-refractivity contribution is 4.93. The van der Waals surface area contributed by atoms with Gasteiger partial charge < -0.3 is 9.64 Å². The van der Waals surface area contributed by atoms with Gasteiger partial charge in [0.25, 0.3) is 0 Å². The van der Waals surface area contributed by atoms with Crippen molar-refractivity contribution in [3.63, 3.8) is 0 Å². The number of hydrogen-bond donors (Lipinski definition) is 0. The van der Waals surface area contributed by atoms with Crippen molar-refractivity contribution in [2.45, 2.75) is 38.7 Å². The fraction of sp³-hybridized carbons (Fsp3) is 1.00. The second-order valence-corrected chi connectivity index (χ2v) is 5.51. The van der Waals surface area contributed by atoms with Gasteiger partial charge in [0.15, 0.2) is 0 Å². The van der Waals surface area contributed by atoms with Crippen molar-refractivity contribution >= 4 is 0 Å². The van der Waals surface area contributed by atoms with E-state index in [2.05, 4.69) is 25.8 Å². The number of rotatable bonds is 1.